The van der Waals surface area contributed by atoms with Crippen LogP contribution in [0, 0.1) is 11.6 Å². The van der Waals surface area contributed by atoms with Gasteiger partial charge in [0.05, 0.1) is 24.6 Å². The Morgan fingerprint density at radius 2 is 2.00 bits per heavy atom. The zero-order valence-electron chi connectivity index (χ0n) is 12.9. The molecule has 0 bridgehead atoms. The smallest absolute Gasteiger partial charge is 0.341 e. The third-order valence-electron chi connectivity index (χ3n) is 3.68. The molecule has 128 valence electrons. The van der Waals surface area contributed by atoms with Crippen LogP contribution in [0.5, 0.6) is 0 Å². The molecule has 0 unspecified atom stereocenters. The molecule has 2 aromatic heterocycles. The molecule has 0 saturated carbocycles. The minimum atomic E-state index is -0.801. The molecule has 25 heavy (non-hydrogen) atoms. The van der Waals surface area contributed by atoms with Crippen molar-refractivity contribution < 1.29 is 18.3 Å². The predicted octanol–water partition coefficient (Wildman–Crippen LogP) is 3.27. The van der Waals surface area contributed by atoms with Gasteiger partial charge in [-0.25, -0.2) is 13.6 Å². The van der Waals surface area contributed by atoms with Crippen LogP contribution >= 0.6 is 15.9 Å². The first-order valence-corrected chi connectivity index (χ1v) is 7.91. The Balaban J connectivity index is 2.22. The average Bonchev–Trinajstić information content (AvgIpc) is 2.59. The molecule has 5 nitrogen and oxygen atoms in total. The van der Waals surface area contributed by atoms with Crippen molar-refractivity contribution in [3.63, 3.8) is 0 Å². The van der Waals surface area contributed by atoms with E-state index in [2.05, 4.69) is 20.9 Å². The normalized spacial score (nSPS) is 10.9. The van der Waals surface area contributed by atoms with Gasteiger partial charge in [-0.2, -0.15) is 0 Å². The molecule has 0 amide bonds. The summed E-state index contributed by atoms with van der Waals surface area (Å²) in [4.78, 5) is 28.6. The van der Waals surface area contributed by atoms with Gasteiger partial charge in [0.15, 0.2) is 0 Å². The van der Waals surface area contributed by atoms with E-state index in [1.54, 1.807) is 0 Å². The van der Waals surface area contributed by atoms with Crippen molar-refractivity contribution in [1.82, 2.24) is 9.55 Å². The van der Waals surface area contributed by atoms with Gasteiger partial charge in [-0.05, 0) is 24.3 Å². The van der Waals surface area contributed by atoms with Crippen molar-refractivity contribution in [1.29, 1.82) is 0 Å². The Bertz CT molecular complexity index is 1030. The van der Waals surface area contributed by atoms with Gasteiger partial charge in [0.2, 0.25) is 0 Å². The summed E-state index contributed by atoms with van der Waals surface area (Å²) in [6, 6.07) is 5.23. The zero-order valence-corrected chi connectivity index (χ0v) is 14.5. The highest BCUT2D eigenvalue weighted by Gasteiger charge is 2.18. The molecule has 0 aliphatic rings. The standard InChI is InChI=1S/C17H11BrF2N2O3/c1-25-17(24)12-8-22(16(23)10-3-2-4-21-15(10)12)7-11-13(19)5-9(18)6-14(11)20/h2-6,8H,7H2,1H3. The second kappa shape index (κ2) is 6.72. The maximum absolute atomic E-state index is 14.1. The van der Waals surface area contributed by atoms with Crippen LogP contribution in [0.1, 0.15) is 15.9 Å². The van der Waals surface area contributed by atoms with Crippen LogP contribution in [0.3, 0.4) is 0 Å². The van der Waals surface area contributed by atoms with Gasteiger partial charge in [0, 0.05) is 22.4 Å². The van der Waals surface area contributed by atoms with Crippen molar-refractivity contribution in [2.45, 2.75) is 6.54 Å². The lowest BCUT2D eigenvalue weighted by atomic mass is 10.1. The molecule has 2 heterocycles. The summed E-state index contributed by atoms with van der Waals surface area (Å²) in [6.07, 6.45) is 2.64. The lowest BCUT2D eigenvalue weighted by Gasteiger charge is -2.12. The van der Waals surface area contributed by atoms with Crippen LogP contribution in [0.4, 0.5) is 8.78 Å². The van der Waals surface area contributed by atoms with Crippen LogP contribution in [0.15, 0.2) is 45.9 Å². The Hall–Kier alpha value is -2.61. The summed E-state index contributed by atoms with van der Waals surface area (Å²) in [5.41, 5.74) is -0.593. The number of nitrogens with zero attached hydrogens (tertiary/aromatic N) is 2. The molecule has 1 aromatic carbocycles. The fraction of sp³-hybridized carbons (Fsp3) is 0.118. The summed E-state index contributed by atoms with van der Waals surface area (Å²) >= 11 is 3.00. The van der Waals surface area contributed by atoms with E-state index in [0.29, 0.717) is 0 Å². The number of ether oxygens (including phenoxy) is 1. The van der Waals surface area contributed by atoms with Crippen molar-refractivity contribution >= 4 is 32.8 Å². The Kier molecular flexibility index (Phi) is 4.63. The second-order valence-corrected chi connectivity index (χ2v) is 6.13. The second-order valence-electron chi connectivity index (χ2n) is 5.21. The molecular formula is C17H11BrF2N2O3. The van der Waals surface area contributed by atoms with E-state index in [1.807, 2.05) is 0 Å². The summed E-state index contributed by atoms with van der Waals surface area (Å²) in [7, 11) is 1.20. The fourth-order valence-electron chi connectivity index (χ4n) is 2.49. The van der Waals surface area contributed by atoms with Gasteiger partial charge in [-0.1, -0.05) is 15.9 Å². The average molecular weight is 409 g/mol. The number of halogens is 3. The van der Waals surface area contributed by atoms with Crippen molar-refractivity contribution in [2.75, 3.05) is 7.11 Å². The molecule has 8 heteroatoms. The Morgan fingerprint density at radius 3 is 2.64 bits per heavy atom. The van der Waals surface area contributed by atoms with E-state index in [9.17, 15) is 18.4 Å². The molecule has 0 N–H and O–H groups in total. The summed E-state index contributed by atoms with van der Waals surface area (Å²) in [5, 5.41) is 0.156. The van der Waals surface area contributed by atoms with E-state index in [1.165, 1.54) is 31.6 Å². The summed E-state index contributed by atoms with van der Waals surface area (Å²) < 4.78 is 34.2. The largest absolute Gasteiger partial charge is 0.465 e. The maximum atomic E-state index is 14.1. The van der Waals surface area contributed by atoms with Crippen molar-refractivity contribution in [2.24, 2.45) is 0 Å². The number of esters is 1. The van der Waals surface area contributed by atoms with Crippen LogP contribution in [-0.2, 0) is 11.3 Å². The molecule has 0 saturated heterocycles. The molecule has 3 rings (SSSR count). The summed E-state index contributed by atoms with van der Waals surface area (Å²) in [5.74, 6) is -2.30. The summed E-state index contributed by atoms with van der Waals surface area (Å²) in [6.45, 7) is -0.376. The van der Waals surface area contributed by atoms with E-state index in [0.717, 1.165) is 16.7 Å². The van der Waals surface area contributed by atoms with Gasteiger partial charge in [-0.15, -0.1) is 0 Å². The van der Waals surface area contributed by atoms with E-state index >= 15 is 0 Å². The Labute approximate surface area is 149 Å². The highest BCUT2D eigenvalue weighted by atomic mass is 79.9. The zero-order chi connectivity index (χ0) is 18.1. The first-order chi connectivity index (χ1) is 11.9. The first kappa shape index (κ1) is 17.2. The van der Waals surface area contributed by atoms with E-state index in [4.69, 9.17) is 4.74 Å². The lowest BCUT2D eigenvalue weighted by molar-refractivity contribution is 0.0601. The molecule has 0 radical (unpaired) electrons. The lowest BCUT2D eigenvalue weighted by Crippen LogP contribution is -2.24. The molecular weight excluding hydrogens is 398 g/mol. The minimum Gasteiger partial charge on any atom is -0.465 e. The van der Waals surface area contributed by atoms with E-state index < -0.39 is 23.2 Å². The predicted molar refractivity (Wildman–Crippen MR) is 90.5 cm³/mol. The van der Waals surface area contributed by atoms with Crippen LogP contribution in [0.2, 0.25) is 0 Å². The third-order valence-corrected chi connectivity index (χ3v) is 4.14. The number of hydrogen-bond acceptors (Lipinski definition) is 4. The molecule has 0 spiro atoms. The molecule has 3 aromatic rings. The fourth-order valence-corrected chi connectivity index (χ4v) is 2.90. The number of carbonyl (C=O) groups is 1. The number of carbonyl (C=O) groups excluding carboxylic acids is 1. The SMILES string of the molecule is COC(=O)c1cn(Cc2c(F)cc(Br)cc2F)c(=O)c2cccnc12. The number of fused-ring (bicyclic) bond motifs is 1. The minimum absolute atomic E-state index is 0.0376. The monoisotopic (exact) mass is 408 g/mol. The topological polar surface area (TPSA) is 61.2 Å². The number of aromatic nitrogens is 2. The molecule has 0 fully saturated rings. The molecule has 0 atom stereocenters. The van der Waals surface area contributed by atoms with Crippen LogP contribution < -0.4 is 5.56 Å². The molecule has 0 aliphatic carbocycles. The number of methoxy groups -OCH3 is 1. The maximum Gasteiger partial charge on any atom is 0.341 e. The highest BCUT2D eigenvalue weighted by molar-refractivity contribution is 9.10. The third kappa shape index (κ3) is 3.17. The van der Waals surface area contributed by atoms with Gasteiger partial charge < -0.3 is 9.30 Å². The number of hydrogen-bond donors (Lipinski definition) is 0. The van der Waals surface area contributed by atoms with Gasteiger partial charge in [0.25, 0.3) is 5.56 Å². The quantitative estimate of drug-likeness (QED) is 0.624. The molecule has 0 aliphatic heterocycles. The van der Waals surface area contributed by atoms with Gasteiger partial charge >= 0.3 is 5.97 Å². The van der Waals surface area contributed by atoms with Crippen LogP contribution in [0.25, 0.3) is 10.9 Å². The number of rotatable bonds is 3. The number of benzene rings is 1. The van der Waals surface area contributed by atoms with Crippen molar-refractivity contribution in [3.05, 3.63) is 74.2 Å². The van der Waals surface area contributed by atoms with Gasteiger partial charge in [0.1, 0.15) is 17.2 Å². The van der Waals surface area contributed by atoms with E-state index in [-0.39, 0.29) is 33.0 Å². The number of pyridine rings is 2. The van der Waals surface area contributed by atoms with Gasteiger partial charge in [-0.3, -0.25) is 9.78 Å². The van der Waals surface area contributed by atoms with Crippen molar-refractivity contribution in [3.8, 4) is 0 Å². The Morgan fingerprint density at radius 1 is 1.32 bits per heavy atom. The highest BCUT2D eigenvalue weighted by Crippen LogP contribution is 2.21. The first-order valence-electron chi connectivity index (χ1n) is 7.12. The van der Waals surface area contributed by atoms with Crippen LogP contribution in [-0.4, -0.2) is 22.6 Å².